The summed E-state index contributed by atoms with van der Waals surface area (Å²) in [6, 6.07) is 70.1. The number of nitrogens with zero attached hydrogens (tertiary/aromatic N) is 3. The van der Waals surface area contributed by atoms with Crippen LogP contribution < -0.4 is 9.80 Å². The summed E-state index contributed by atoms with van der Waals surface area (Å²) in [7, 11) is 0. The second kappa shape index (κ2) is 13.8. The average Bonchev–Trinajstić information content (AvgIpc) is 3.66. The van der Waals surface area contributed by atoms with Crippen molar-refractivity contribution in [2.45, 2.75) is 6.54 Å². The van der Waals surface area contributed by atoms with Crippen molar-refractivity contribution in [3.8, 4) is 22.6 Å². The van der Waals surface area contributed by atoms with E-state index in [2.05, 4.69) is 180 Å². The molecule has 4 heteroatoms. The Balaban J connectivity index is 1.29. The second-order valence-corrected chi connectivity index (χ2v) is 12.8. The highest BCUT2D eigenvalue weighted by Gasteiger charge is 2.24. The van der Waals surface area contributed by atoms with E-state index in [4.69, 9.17) is 9.40 Å². The Kier molecular flexibility index (Phi) is 8.24. The fraction of sp³-hybridized carbons (Fsp3) is 0.0208. The van der Waals surface area contributed by atoms with Gasteiger partial charge in [-0.3, -0.25) is 0 Å². The lowest BCUT2D eigenvalue weighted by Gasteiger charge is -2.30. The van der Waals surface area contributed by atoms with Crippen molar-refractivity contribution >= 4 is 50.3 Å². The van der Waals surface area contributed by atoms with E-state index in [1.807, 2.05) is 30.3 Å². The zero-order chi connectivity index (χ0) is 34.7. The van der Waals surface area contributed by atoms with Crippen LogP contribution in [0.1, 0.15) is 5.56 Å². The smallest absolute Gasteiger partial charge is 0.227 e. The normalized spacial score (nSPS) is 11.2. The fourth-order valence-corrected chi connectivity index (χ4v) is 7.03. The molecule has 9 rings (SSSR count). The topological polar surface area (TPSA) is 32.5 Å². The van der Waals surface area contributed by atoms with Crippen LogP contribution in [0.2, 0.25) is 0 Å². The molecule has 0 unspecified atom stereocenters. The lowest BCUT2D eigenvalue weighted by Crippen LogP contribution is -2.18. The van der Waals surface area contributed by atoms with E-state index < -0.39 is 0 Å². The summed E-state index contributed by atoms with van der Waals surface area (Å²) < 4.78 is 6.77. The molecular weight excluding hydrogens is 635 g/mol. The number of oxazole rings is 1. The molecule has 0 aliphatic heterocycles. The summed E-state index contributed by atoms with van der Waals surface area (Å²) in [5, 5.41) is 2.38. The number of rotatable bonds is 9. The first kappa shape index (κ1) is 31.1. The van der Waals surface area contributed by atoms with Gasteiger partial charge >= 0.3 is 0 Å². The number of hydrogen-bond acceptors (Lipinski definition) is 4. The van der Waals surface area contributed by atoms with Crippen LogP contribution in [0.25, 0.3) is 44.5 Å². The van der Waals surface area contributed by atoms with Gasteiger partial charge in [0.15, 0.2) is 5.58 Å². The molecule has 0 saturated heterocycles. The molecule has 0 aliphatic carbocycles. The van der Waals surface area contributed by atoms with E-state index in [1.54, 1.807) is 0 Å². The predicted molar refractivity (Wildman–Crippen MR) is 216 cm³/mol. The Labute approximate surface area is 303 Å². The molecule has 0 N–H and O–H groups in total. The van der Waals surface area contributed by atoms with Gasteiger partial charge in [-0.2, -0.15) is 0 Å². The summed E-state index contributed by atoms with van der Waals surface area (Å²) in [5.74, 6) is 0.587. The lowest BCUT2D eigenvalue weighted by atomic mass is 9.99. The van der Waals surface area contributed by atoms with E-state index in [9.17, 15) is 0 Å². The first-order chi connectivity index (χ1) is 25.8. The summed E-state index contributed by atoms with van der Waals surface area (Å²) in [5.41, 5.74) is 11.1. The molecule has 0 aliphatic rings. The molecule has 0 bridgehead atoms. The second-order valence-electron chi connectivity index (χ2n) is 12.8. The molecule has 248 valence electrons. The minimum atomic E-state index is 0.587. The van der Waals surface area contributed by atoms with Crippen molar-refractivity contribution < 1.29 is 4.42 Å². The fourth-order valence-electron chi connectivity index (χ4n) is 7.03. The molecule has 0 saturated carbocycles. The maximum atomic E-state index is 6.77. The predicted octanol–water partition coefficient (Wildman–Crippen LogP) is 13.1. The highest BCUT2D eigenvalue weighted by atomic mass is 16.3. The Morgan fingerprint density at radius 3 is 1.77 bits per heavy atom. The molecule has 0 fully saturated rings. The van der Waals surface area contributed by atoms with Crippen LogP contribution in [-0.4, -0.2) is 4.98 Å². The summed E-state index contributed by atoms with van der Waals surface area (Å²) >= 11 is 0. The molecule has 0 spiro atoms. The maximum absolute atomic E-state index is 6.77. The van der Waals surface area contributed by atoms with Crippen molar-refractivity contribution in [1.82, 2.24) is 4.98 Å². The van der Waals surface area contributed by atoms with Crippen LogP contribution >= 0.6 is 0 Å². The number of para-hydroxylation sites is 2. The highest BCUT2D eigenvalue weighted by Crippen LogP contribution is 2.44. The minimum absolute atomic E-state index is 0.587. The molecule has 0 amide bonds. The van der Waals surface area contributed by atoms with Crippen LogP contribution in [0.15, 0.2) is 205 Å². The van der Waals surface area contributed by atoms with Gasteiger partial charge in [0.2, 0.25) is 5.89 Å². The van der Waals surface area contributed by atoms with Gasteiger partial charge in [0, 0.05) is 29.2 Å². The summed E-state index contributed by atoms with van der Waals surface area (Å²) in [6.45, 7) is 0.607. The quantitative estimate of drug-likeness (QED) is 0.153. The van der Waals surface area contributed by atoms with E-state index in [1.165, 1.54) is 27.5 Å². The number of fused-ring (bicyclic) bond motifs is 2. The SMILES string of the molecule is c1ccc(-c2nc3cc(N(c4ccccc4)c4ccc5ccccc5c4)cc(N(Cc4ccccc4-c4ccccc4)c4ccccc4)c3o2)cc1. The van der Waals surface area contributed by atoms with Gasteiger partial charge in [-0.25, -0.2) is 4.98 Å². The van der Waals surface area contributed by atoms with Gasteiger partial charge in [-0.05, 0) is 88.1 Å². The van der Waals surface area contributed by atoms with E-state index >= 15 is 0 Å². The molecule has 0 atom stereocenters. The first-order valence-corrected chi connectivity index (χ1v) is 17.6. The van der Waals surface area contributed by atoms with Crippen molar-refractivity contribution in [2.24, 2.45) is 0 Å². The van der Waals surface area contributed by atoms with Crippen molar-refractivity contribution in [3.05, 3.63) is 206 Å². The molecule has 1 aromatic heterocycles. The number of benzene rings is 8. The van der Waals surface area contributed by atoms with Gasteiger partial charge < -0.3 is 14.2 Å². The zero-order valence-corrected chi connectivity index (χ0v) is 28.5. The third-order valence-electron chi connectivity index (χ3n) is 9.53. The van der Waals surface area contributed by atoms with Crippen LogP contribution in [0, 0.1) is 0 Å². The van der Waals surface area contributed by atoms with E-state index in [-0.39, 0.29) is 0 Å². The largest absolute Gasteiger partial charge is 0.434 e. The number of aromatic nitrogens is 1. The Morgan fingerprint density at radius 1 is 0.442 bits per heavy atom. The van der Waals surface area contributed by atoms with Crippen LogP contribution in [-0.2, 0) is 6.54 Å². The molecule has 4 nitrogen and oxygen atoms in total. The van der Waals surface area contributed by atoms with Crippen molar-refractivity contribution in [1.29, 1.82) is 0 Å². The molecule has 1 heterocycles. The Morgan fingerprint density at radius 2 is 1.04 bits per heavy atom. The van der Waals surface area contributed by atoms with Gasteiger partial charge in [-0.15, -0.1) is 0 Å². The van der Waals surface area contributed by atoms with Gasteiger partial charge in [0.25, 0.3) is 0 Å². The molecule has 0 radical (unpaired) electrons. The van der Waals surface area contributed by atoms with Crippen molar-refractivity contribution in [3.63, 3.8) is 0 Å². The van der Waals surface area contributed by atoms with Gasteiger partial charge in [0.05, 0.1) is 11.4 Å². The van der Waals surface area contributed by atoms with Crippen molar-refractivity contribution in [2.75, 3.05) is 9.80 Å². The minimum Gasteiger partial charge on any atom is -0.434 e. The zero-order valence-electron chi connectivity index (χ0n) is 28.5. The Hall–Kier alpha value is -6.91. The van der Waals surface area contributed by atoms with Gasteiger partial charge in [0.1, 0.15) is 5.52 Å². The maximum Gasteiger partial charge on any atom is 0.227 e. The number of hydrogen-bond donors (Lipinski definition) is 0. The lowest BCUT2D eigenvalue weighted by molar-refractivity contribution is 0.619. The van der Waals surface area contributed by atoms with Crippen LogP contribution in [0.3, 0.4) is 0 Å². The summed E-state index contributed by atoms with van der Waals surface area (Å²) in [4.78, 5) is 9.82. The third kappa shape index (κ3) is 6.08. The third-order valence-corrected chi connectivity index (χ3v) is 9.53. The molecule has 9 aromatic rings. The average molecular weight is 670 g/mol. The summed E-state index contributed by atoms with van der Waals surface area (Å²) in [6.07, 6.45) is 0. The van der Waals surface area contributed by atoms with E-state index in [0.29, 0.717) is 12.4 Å². The molecular formula is C48H35N3O. The monoisotopic (exact) mass is 669 g/mol. The Bertz CT molecular complexity index is 2600. The molecule has 52 heavy (non-hydrogen) atoms. The molecule has 8 aromatic carbocycles. The van der Waals surface area contributed by atoms with Crippen LogP contribution in [0.4, 0.5) is 28.4 Å². The van der Waals surface area contributed by atoms with Gasteiger partial charge in [-0.1, -0.05) is 140 Å². The van der Waals surface area contributed by atoms with E-state index in [0.717, 1.165) is 45.1 Å². The highest BCUT2D eigenvalue weighted by molar-refractivity contribution is 5.97. The number of anilines is 5. The first-order valence-electron chi connectivity index (χ1n) is 17.6. The van der Waals surface area contributed by atoms with Crippen LogP contribution in [0.5, 0.6) is 0 Å². The standard InChI is InChI=1S/C48H35N3O/c1-5-18-36(19-6-1)44-28-16-15-23-39(44)34-50(40-24-9-3-10-25-40)46-33-43(32-45-47(46)52-48(49-45)37-20-7-2-8-21-37)51(41-26-11-4-12-27-41)42-30-29-35-17-13-14-22-38(35)31-42/h1-33H,34H2.